The van der Waals surface area contributed by atoms with Crippen molar-refractivity contribution in [3.63, 3.8) is 0 Å². The number of fused-ring (bicyclic) bond motifs is 10. The second-order valence-corrected chi connectivity index (χ2v) is 7.22. The molecule has 0 bridgehead atoms. The lowest BCUT2D eigenvalue weighted by molar-refractivity contribution is -0.524. The van der Waals surface area contributed by atoms with Crippen molar-refractivity contribution < 1.29 is 16.8 Å². The molecule has 6 aromatic rings. The Morgan fingerprint density at radius 3 is 2.76 bits per heavy atom. The van der Waals surface area contributed by atoms with Gasteiger partial charge in [-0.1, -0.05) is 24.3 Å². The van der Waals surface area contributed by atoms with Gasteiger partial charge in [0.2, 0.25) is 5.69 Å². The van der Waals surface area contributed by atoms with E-state index in [1.54, 1.807) is 0 Å². The van der Waals surface area contributed by atoms with E-state index in [-0.39, 0.29) is 12.4 Å². The summed E-state index contributed by atoms with van der Waals surface area (Å²) in [5, 5.41) is 3.25. The average Bonchev–Trinajstić information content (AvgIpc) is 3.31. The van der Waals surface area contributed by atoms with E-state index in [0.717, 1.165) is 61.6 Å². The number of halogens is 1. The van der Waals surface area contributed by atoms with Crippen LogP contribution in [0, 0.1) is 0 Å². The fourth-order valence-corrected chi connectivity index (χ4v) is 4.33. The largest absolute Gasteiger partial charge is 1.00 e. The minimum absolute atomic E-state index is 0. The van der Waals surface area contributed by atoms with E-state index < -0.39 is 0 Å². The van der Waals surface area contributed by atoms with Crippen LogP contribution in [0.3, 0.4) is 0 Å². The van der Waals surface area contributed by atoms with Gasteiger partial charge >= 0.3 is 5.65 Å². The molecule has 7 rings (SSSR count). The molecule has 0 radical (unpaired) electrons. The molecule has 1 aliphatic carbocycles. The van der Waals surface area contributed by atoms with E-state index in [4.69, 9.17) is 15.0 Å². The summed E-state index contributed by atoms with van der Waals surface area (Å²) >= 11 is 0. The molecule has 5 aromatic heterocycles. The van der Waals surface area contributed by atoms with E-state index in [1.807, 2.05) is 18.2 Å². The Morgan fingerprint density at radius 2 is 1.79 bits per heavy atom. The summed E-state index contributed by atoms with van der Waals surface area (Å²) in [5.74, 6) is 0. The number of hydrogen-bond donors (Lipinski definition) is 0. The Morgan fingerprint density at radius 1 is 0.897 bits per heavy atom. The average molecular weight is 396 g/mol. The molecule has 1 aliphatic rings. The number of allylic oxidation sites excluding steroid dienone is 2. The number of pyridine rings is 3. The van der Waals surface area contributed by atoms with Crippen LogP contribution in [0.4, 0.5) is 0 Å². The number of nitrogens with zero attached hydrogens (tertiary/aromatic N) is 5. The highest BCUT2D eigenvalue weighted by atomic mass is 35.5. The standard InChI is InChI=1S/C23H14N5.ClH/c1-3-7-20-18(5-1)25-22-14-13-15-17(24-16(14)9-11-27(20)22)10-12-28-21-8-4-2-6-19(21)26-23(15)28;/h1-5,7-13H,6H2;1H/q+1;/p-1. The Hall–Kier alpha value is -3.57. The maximum absolute atomic E-state index is 4.92. The number of benzene rings is 1. The van der Waals surface area contributed by atoms with E-state index in [1.165, 1.54) is 0 Å². The summed E-state index contributed by atoms with van der Waals surface area (Å²) in [5.41, 5.74) is 6.99. The van der Waals surface area contributed by atoms with Gasteiger partial charge < -0.3 is 12.4 Å². The highest BCUT2D eigenvalue weighted by Gasteiger charge is 2.21. The number of aromatic nitrogens is 5. The molecule has 0 fully saturated rings. The first-order chi connectivity index (χ1) is 13.9. The molecule has 5 nitrogen and oxygen atoms in total. The molecule has 138 valence electrons. The predicted molar refractivity (Wildman–Crippen MR) is 109 cm³/mol. The molecule has 0 aliphatic heterocycles. The summed E-state index contributed by atoms with van der Waals surface area (Å²) in [6.07, 6.45) is 11.4. The van der Waals surface area contributed by atoms with Crippen LogP contribution in [0.5, 0.6) is 0 Å². The Balaban J connectivity index is 0.00000165. The van der Waals surface area contributed by atoms with Crippen LogP contribution in [0.25, 0.3) is 50.2 Å². The van der Waals surface area contributed by atoms with Crippen LogP contribution < -0.4 is 22.2 Å². The van der Waals surface area contributed by atoms with E-state index in [2.05, 4.69) is 63.7 Å². The zero-order valence-corrected chi connectivity index (χ0v) is 16.0. The van der Waals surface area contributed by atoms with Crippen LogP contribution in [0.15, 0.2) is 67.0 Å². The topological polar surface area (TPSA) is 47.2 Å². The van der Waals surface area contributed by atoms with Gasteiger partial charge in [-0.3, -0.25) is 4.40 Å². The fraction of sp³-hybridized carbons (Fsp3) is 0.0435. The van der Waals surface area contributed by atoms with Gasteiger partial charge in [-0.15, -0.1) is 0 Å². The smallest absolute Gasteiger partial charge is 0.338 e. The molecular weight excluding hydrogens is 382 g/mol. The number of imidazole rings is 2. The van der Waals surface area contributed by atoms with Crippen molar-refractivity contribution in [2.24, 2.45) is 0 Å². The molecule has 29 heavy (non-hydrogen) atoms. The fourth-order valence-electron chi connectivity index (χ4n) is 4.33. The molecule has 0 amide bonds. The molecule has 6 heteroatoms. The zero-order chi connectivity index (χ0) is 18.2. The monoisotopic (exact) mass is 395 g/mol. The number of rotatable bonds is 0. The highest BCUT2D eigenvalue weighted by molar-refractivity contribution is 6.04. The lowest BCUT2D eigenvalue weighted by atomic mass is 10.2. The van der Waals surface area contributed by atoms with Gasteiger partial charge in [0, 0.05) is 24.1 Å². The van der Waals surface area contributed by atoms with Crippen molar-refractivity contribution in [1.82, 2.24) is 19.4 Å². The minimum Gasteiger partial charge on any atom is -1.00 e. The molecule has 0 unspecified atom stereocenters. The normalized spacial score (nSPS) is 13.2. The van der Waals surface area contributed by atoms with Crippen LogP contribution in [0.1, 0.15) is 5.69 Å². The van der Waals surface area contributed by atoms with E-state index >= 15 is 0 Å². The Kier molecular flexibility index (Phi) is 3.23. The second kappa shape index (κ2) is 5.72. The third kappa shape index (κ3) is 2.10. The molecule has 0 spiro atoms. The number of para-hydroxylation sites is 2. The lowest BCUT2D eigenvalue weighted by Crippen LogP contribution is -3.00. The van der Waals surface area contributed by atoms with Crippen molar-refractivity contribution in [1.29, 1.82) is 0 Å². The third-order valence-electron chi connectivity index (χ3n) is 5.65. The van der Waals surface area contributed by atoms with Gasteiger partial charge in [0.1, 0.15) is 5.65 Å². The minimum atomic E-state index is 0. The Labute approximate surface area is 171 Å². The van der Waals surface area contributed by atoms with E-state index in [9.17, 15) is 0 Å². The predicted octanol–water partition coefficient (Wildman–Crippen LogP) is -0.0617. The quantitative estimate of drug-likeness (QED) is 0.267. The van der Waals surface area contributed by atoms with Gasteiger partial charge in [-0.05, 0) is 35.3 Å². The van der Waals surface area contributed by atoms with Crippen LogP contribution >= 0.6 is 0 Å². The van der Waals surface area contributed by atoms with Gasteiger partial charge in [-0.25, -0.2) is 9.97 Å². The first-order valence-electron chi connectivity index (χ1n) is 9.37. The van der Waals surface area contributed by atoms with Gasteiger partial charge in [0.15, 0.2) is 5.35 Å². The summed E-state index contributed by atoms with van der Waals surface area (Å²) in [7, 11) is 0. The highest BCUT2D eigenvalue weighted by Crippen LogP contribution is 2.26. The molecular formula is C23H14ClN5. The molecule has 0 saturated heterocycles. The molecule has 1 aromatic carbocycles. The van der Waals surface area contributed by atoms with Crippen molar-refractivity contribution in [3.8, 4) is 0 Å². The molecule has 0 saturated carbocycles. The Bertz CT molecular complexity index is 1700. The maximum Gasteiger partial charge on any atom is 0.338 e. The third-order valence-corrected chi connectivity index (χ3v) is 5.65. The van der Waals surface area contributed by atoms with Crippen LogP contribution in [0.2, 0.25) is 0 Å². The van der Waals surface area contributed by atoms with Crippen molar-refractivity contribution in [2.75, 3.05) is 0 Å². The first-order valence-corrected chi connectivity index (χ1v) is 9.37. The van der Waals surface area contributed by atoms with Gasteiger partial charge in [0.05, 0.1) is 33.6 Å². The van der Waals surface area contributed by atoms with Crippen LogP contribution in [-0.4, -0.2) is 19.4 Å². The zero-order valence-electron chi connectivity index (χ0n) is 15.2. The second-order valence-electron chi connectivity index (χ2n) is 7.22. The molecule has 5 heterocycles. The first kappa shape index (κ1) is 16.4. The summed E-state index contributed by atoms with van der Waals surface area (Å²) in [4.78, 5) is 14.7. The van der Waals surface area contributed by atoms with Crippen molar-refractivity contribution in [3.05, 3.63) is 78.1 Å². The van der Waals surface area contributed by atoms with Gasteiger partial charge in [-0.2, -0.15) is 4.40 Å². The van der Waals surface area contributed by atoms with Crippen molar-refractivity contribution in [2.45, 2.75) is 6.42 Å². The summed E-state index contributed by atoms with van der Waals surface area (Å²) in [6, 6.07) is 14.5. The number of hydrogen-bond acceptors (Lipinski definition) is 3. The van der Waals surface area contributed by atoms with Crippen LogP contribution in [-0.2, 0) is 6.42 Å². The molecule has 0 N–H and O–H groups in total. The lowest BCUT2D eigenvalue weighted by Gasteiger charge is -2.03. The van der Waals surface area contributed by atoms with Gasteiger partial charge in [0.25, 0.3) is 0 Å². The summed E-state index contributed by atoms with van der Waals surface area (Å²) < 4.78 is 4.30. The van der Waals surface area contributed by atoms with E-state index in [0.29, 0.717) is 0 Å². The molecule has 0 atom stereocenters. The SMILES string of the molecule is C1=CCc2nc3c4cc5c(ccn6c7ccccc7nc56)nc4cc[n+]3c2=C1.[Cl-]. The summed E-state index contributed by atoms with van der Waals surface area (Å²) in [6.45, 7) is 0. The maximum atomic E-state index is 4.92. The van der Waals surface area contributed by atoms with Crippen molar-refractivity contribution >= 4 is 50.2 Å².